The molecule has 0 aliphatic heterocycles. The zero-order valence-electron chi connectivity index (χ0n) is 12.4. The van der Waals surface area contributed by atoms with Crippen LogP contribution in [0.4, 0.5) is 0 Å². The highest BCUT2D eigenvalue weighted by Gasteiger charge is 2.05. The van der Waals surface area contributed by atoms with Gasteiger partial charge in [-0.15, -0.1) is 0 Å². The number of ether oxygens (including phenoxy) is 1. The van der Waals surface area contributed by atoms with E-state index in [0.29, 0.717) is 12.5 Å². The largest absolute Gasteiger partial charge is 0.491 e. The van der Waals surface area contributed by atoms with Crippen molar-refractivity contribution < 1.29 is 9.84 Å². The second-order valence-corrected chi connectivity index (χ2v) is 5.25. The van der Waals surface area contributed by atoms with Crippen molar-refractivity contribution in [2.75, 3.05) is 13.2 Å². The Balaban J connectivity index is 2.29. The van der Waals surface area contributed by atoms with Crippen LogP contribution in [-0.4, -0.2) is 18.3 Å². The van der Waals surface area contributed by atoms with Gasteiger partial charge in [0.1, 0.15) is 12.4 Å². The summed E-state index contributed by atoms with van der Waals surface area (Å²) in [4.78, 5) is 0. The maximum absolute atomic E-state index is 8.70. The Kier molecular flexibility index (Phi) is 8.31. The first-order valence-corrected chi connectivity index (χ1v) is 7.61. The third-order valence-electron chi connectivity index (χ3n) is 3.55. The molecule has 0 spiro atoms. The zero-order chi connectivity index (χ0) is 13.9. The van der Waals surface area contributed by atoms with Gasteiger partial charge in [0.05, 0.1) is 6.61 Å². The highest BCUT2D eigenvalue weighted by atomic mass is 16.5. The van der Waals surface area contributed by atoms with Crippen molar-refractivity contribution in [3.63, 3.8) is 0 Å². The quantitative estimate of drug-likeness (QED) is 0.629. The third kappa shape index (κ3) is 6.63. The normalized spacial score (nSPS) is 12.4. The van der Waals surface area contributed by atoms with Crippen molar-refractivity contribution >= 4 is 0 Å². The molecule has 1 aromatic rings. The van der Waals surface area contributed by atoms with Crippen molar-refractivity contribution in [1.82, 2.24) is 0 Å². The average molecular weight is 264 g/mol. The minimum atomic E-state index is 0.0654. The first kappa shape index (κ1) is 16.0. The molecule has 2 heteroatoms. The van der Waals surface area contributed by atoms with E-state index >= 15 is 0 Å². The molecule has 1 rings (SSSR count). The van der Waals surface area contributed by atoms with E-state index in [1.165, 1.54) is 44.1 Å². The Morgan fingerprint density at radius 3 is 2.37 bits per heavy atom. The highest BCUT2D eigenvalue weighted by Crippen LogP contribution is 2.24. The Bertz CT molecular complexity index is 319. The first-order chi connectivity index (χ1) is 9.27. The maximum atomic E-state index is 8.70. The number of benzene rings is 1. The van der Waals surface area contributed by atoms with E-state index in [-0.39, 0.29) is 6.61 Å². The number of unbranched alkanes of at least 4 members (excludes halogenated alkanes) is 4. The summed E-state index contributed by atoms with van der Waals surface area (Å²) in [6.45, 7) is 4.98. The van der Waals surface area contributed by atoms with E-state index < -0.39 is 0 Å². The third-order valence-corrected chi connectivity index (χ3v) is 3.55. The number of hydrogen-bond acceptors (Lipinski definition) is 2. The van der Waals surface area contributed by atoms with Crippen molar-refractivity contribution in [2.24, 2.45) is 0 Å². The summed E-state index contributed by atoms with van der Waals surface area (Å²) in [5, 5.41) is 8.70. The molecule has 108 valence electrons. The molecule has 1 atom stereocenters. The van der Waals surface area contributed by atoms with E-state index in [1.54, 1.807) is 0 Å². The average Bonchev–Trinajstić information content (AvgIpc) is 2.45. The highest BCUT2D eigenvalue weighted by molar-refractivity contribution is 5.29. The first-order valence-electron chi connectivity index (χ1n) is 7.61. The molecule has 0 aliphatic rings. The molecular weight excluding hydrogens is 236 g/mol. The van der Waals surface area contributed by atoms with Crippen molar-refractivity contribution in [3.8, 4) is 5.75 Å². The van der Waals surface area contributed by atoms with Gasteiger partial charge >= 0.3 is 0 Å². The summed E-state index contributed by atoms with van der Waals surface area (Å²) in [6.07, 6.45) is 7.99. The lowest BCUT2D eigenvalue weighted by Gasteiger charge is -2.12. The fraction of sp³-hybridized carbons (Fsp3) is 0.647. The molecule has 0 saturated carbocycles. The number of hydrogen-bond donors (Lipinski definition) is 1. The summed E-state index contributed by atoms with van der Waals surface area (Å²) < 4.78 is 5.37. The lowest BCUT2D eigenvalue weighted by Crippen LogP contribution is -2.01. The Hall–Kier alpha value is -1.02. The molecule has 2 nitrogen and oxygen atoms in total. The van der Waals surface area contributed by atoms with Crippen LogP contribution in [0.15, 0.2) is 24.3 Å². The van der Waals surface area contributed by atoms with E-state index in [4.69, 9.17) is 9.84 Å². The van der Waals surface area contributed by atoms with Crippen LogP contribution in [0.3, 0.4) is 0 Å². The van der Waals surface area contributed by atoms with Crippen LogP contribution in [0, 0.1) is 0 Å². The van der Waals surface area contributed by atoms with Gasteiger partial charge in [0.2, 0.25) is 0 Å². The van der Waals surface area contributed by atoms with Crippen LogP contribution in [0.2, 0.25) is 0 Å². The standard InChI is InChI=1S/C17H28O2/c1-3-4-5-6-7-8-15(2)16-9-11-17(12-10-16)19-14-13-18/h9-12,15,18H,3-8,13-14H2,1-2H3. The topological polar surface area (TPSA) is 29.5 Å². The monoisotopic (exact) mass is 264 g/mol. The molecule has 1 aromatic carbocycles. The molecule has 0 amide bonds. The minimum absolute atomic E-state index is 0.0654. The van der Waals surface area contributed by atoms with Crippen molar-refractivity contribution in [3.05, 3.63) is 29.8 Å². The Labute approximate surface area is 117 Å². The molecule has 0 heterocycles. The van der Waals surface area contributed by atoms with Crippen molar-refractivity contribution in [2.45, 2.75) is 58.3 Å². The summed E-state index contributed by atoms with van der Waals surface area (Å²) in [6, 6.07) is 8.28. The van der Waals surface area contributed by atoms with Gasteiger partial charge in [-0.2, -0.15) is 0 Å². The second kappa shape index (κ2) is 9.85. The van der Waals surface area contributed by atoms with E-state index in [1.807, 2.05) is 12.1 Å². The van der Waals surface area contributed by atoms with Gasteiger partial charge in [-0.25, -0.2) is 0 Å². The molecule has 0 saturated heterocycles. The molecule has 0 bridgehead atoms. The van der Waals surface area contributed by atoms with E-state index in [0.717, 1.165) is 5.75 Å². The smallest absolute Gasteiger partial charge is 0.119 e. The van der Waals surface area contributed by atoms with Crippen molar-refractivity contribution in [1.29, 1.82) is 0 Å². The molecule has 0 aliphatic carbocycles. The van der Waals surface area contributed by atoms with Gasteiger partial charge in [0, 0.05) is 0 Å². The van der Waals surface area contributed by atoms with Gasteiger partial charge in [0.15, 0.2) is 0 Å². The molecule has 19 heavy (non-hydrogen) atoms. The summed E-state index contributed by atoms with van der Waals surface area (Å²) in [5.41, 5.74) is 1.38. The lowest BCUT2D eigenvalue weighted by atomic mass is 9.95. The molecule has 1 unspecified atom stereocenters. The molecule has 0 radical (unpaired) electrons. The Morgan fingerprint density at radius 2 is 1.74 bits per heavy atom. The van der Waals surface area contributed by atoms with Crippen LogP contribution < -0.4 is 4.74 Å². The molecule has 0 aromatic heterocycles. The molecule has 0 fully saturated rings. The minimum Gasteiger partial charge on any atom is -0.491 e. The zero-order valence-corrected chi connectivity index (χ0v) is 12.4. The Morgan fingerprint density at radius 1 is 1.05 bits per heavy atom. The second-order valence-electron chi connectivity index (χ2n) is 5.25. The fourth-order valence-corrected chi connectivity index (χ4v) is 2.28. The SMILES string of the molecule is CCCCCCCC(C)c1ccc(OCCO)cc1. The predicted octanol–water partition coefficient (Wildman–Crippen LogP) is 4.52. The van der Waals surface area contributed by atoms with E-state index in [9.17, 15) is 0 Å². The van der Waals surface area contributed by atoms with Crippen LogP contribution in [0.1, 0.15) is 63.9 Å². The lowest BCUT2D eigenvalue weighted by molar-refractivity contribution is 0.201. The molecule has 1 N–H and O–H groups in total. The van der Waals surface area contributed by atoms with Gasteiger partial charge in [-0.3, -0.25) is 0 Å². The number of rotatable bonds is 10. The fourth-order valence-electron chi connectivity index (χ4n) is 2.28. The van der Waals surface area contributed by atoms with Gasteiger partial charge in [-0.1, -0.05) is 58.1 Å². The van der Waals surface area contributed by atoms with Crippen LogP contribution >= 0.6 is 0 Å². The van der Waals surface area contributed by atoms with Crippen LogP contribution in [-0.2, 0) is 0 Å². The molecular formula is C17H28O2. The number of aliphatic hydroxyl groups excluding tert-OH is 1. The summed E-state index contributed by atoms with van der Waals surface area (Å²) in [5.74, 6) is 1.46. The van der Waals surface area contributed by atoms with Gasteiger partial charge in [-0.05, 0) is 30.0 Å². The van der Waals surface area contributed by atoms with Gasteiger partial charge < -0.3 is 9.84 Å². The maximum Gasteiger partial charge on any atom is 0.119 e. The number of aliphatic hydroxyl groups is 1. The van der Waals surface area contributed by atoms with E-state index in [2.05, 4.69) is 26.0 Å². The summed E-state index contributed by atoms with van der Waals surface area (Å²) in [7, 11) is 0. The van der Waals surface area contributed by atoms with Crippen LogP contribution in [0.5, 0.6) is 5.75 Å². The van der Waals surface area contributed by atoms with Crippen LogP contribution in [0.25, 0.3) is 0 Å². The predicted molar refractivity (Wildman–Crippen MR) is 80.8 cm³/mol. The van der Waals surface area contributed by atoms with Gasteiger partial charge in [0.25, 0.3) is 0 Å². The summed E-state index contributed by atoms with van der Waals surface area (Å²) >= 11 is 0.